The molecule has 1 amide bonds. The first-order chi connectivity index (χ1) is 15.3. The quantitative estimate of drug-likeness (QED) is 0.220. The lowest BCUT2D eigenvalue weighted by Gasteiger charge is -2.26. The first kappa shape index (κ1) is 30.9. The Morgan fingerprint density at radius 1 is 0.781 bits per heavy atom. The Hall–Kier alpha value is -1.08. The predicted octanol–water partition coefficient (Wildman–Crippen LogP) is 6.10. The Morgan fingerprint density at radius 2 is 1.19 bits per heavy atom. The van der Waals surface area contributed by atoms with Gasteiger partial charge in [0.25, 0.3) is 0 Å². The number of hydrazine groups is 1. The molecule has 1 N–H and O–H groups in total. The number of carbonyl (C=O) groups excluding carboxylic acids is 2. The molecular formula is C25H47N3O2S2. The molecule has 0 saturated heterocycles. The van der Waals surface area contributed by atoms with Crippen molar-refractivity contribution in [1.29, 1.82) is 0 Å². The number of nitrogens with zero attached hydrogens (tertiary/aromatic N) is 2. The highest BCUT2D eigenvalue weighted by molar-refractivity contribution is 7.80. The van der Waals surface area contributed by atoms with Crippen molar-refractivity contribution in [3.05, 3.63) is 0 Å². The van der Waals surface area contributed by atoms with Gasteiger partial charge in [0.2, 0.25) is 5.91 Å². The van der Waals surface area contributed by atoms with Crippen molar-refractivity contribution in [2.45, 2.75) is 104 Å². The van der Waals surface area contributed by atoms with Gasteiger partial charge in [0.05, 0.1) is 16.4 Å². The van der Waals surface area contributed by atoms with Crippen LogP contribution in [0.4, 0.5) is 0 Å². The molecule has 32 heavy (non-hydrogen) atoms. The van der Waals surface area contributed by atoms with E-state index in [4.69, 9.17) is 24.4 Å². The van der Waals surface area contributed by atoms with Crippen molar-refractivity contribution in [3.8, 4) is 0 Å². The molecule has 0 radical (unpaired) electrons. The van der Waals surface area contributed by atoms with E-state index in [9.17, 15) is 9.59 Å². The normalized spacial score (nSPS) is 16.8. The highest BCUT2D eigenvalue weighted by atomic mass is 32.1. The molecule has 0 aliphatic heterocycles. The molecule has 0 aromatic heterocycles. The van der Waals surface area contributed by atoms with Crippen LogP contribution in [0.1, 0.15) is 104 Å². The van der Waals surface area contributed by atoms with Gasteiger partial charge in [-0.05, 0) is 25.7 Å². The molecule has 0 aromatic rings. The Balaban J connectivity index is 0.000000626. The van der Waals surface area contributed by atoms with Crippen LogP contribution in [0.25, 0.3) is 0 Å². The molecule has 0 unspecified atom stereocenters. The van der Waals surface area contributed by atoms with Crippen LogP contribution in [-0.4, -0.2) is 52.7 Å². The summed E-state index contributed by atoms with van der Waals surface area (Å²) in [7, 11) is 5.87. The predicted molar refractivity (Wildman–Crippen MR) is 144 cm³/mol. The van der Waals surface area contributed by atoms with Gasteiger partial charge < -0.3 is 4.90 Å². The molecule has 5 nitrogen and oxygen atoms in total. The lowest BCUT2D eigenvalue weighted by molar-refractivity contribution is -0.129. The van der Waals surface area contributed by atoms with Crippen LogP contribution in [0.3, 0.4) is 0 Å². The Bertz CT molecular complexity index is 568. The maximum absolute atomic E-state index is 11.6. The maximum atomic E-state index is 11.6. The lowest BCUT2D eigenvalue weighted by atomic mass is 9.89. The van der Waals surface area contributed by atoms with E-state index in [-0.39, 0.29) is 18.1 Å². The molecule has 0 bridgehead atoms. The molecule has 0 heterocycles. The molecule has 2 fully saturated rings. The number of hydrogen-bond donors (Lipinski definition) is 1. The summed E-state index contributed by atoms with van der Waals surface area (Å²) in [6.07, 6.45) is 14.3. The van der Waals surface area contributed by atoms with Gasteiger partial charge in [-0.25, -0.2) is 0 Å². The summed E-state index contributed by atoms with van der Waals surface area (Å²) >= 11 is 10.8. The minimum absolute atomic E-state index is 0.0497. The van der Waals surface area contributed by atoms with Gasteiger partial charge in [0.15, 0.2) is 0 Å². The van der Waals surface area contributed by atoms with E-state index < -0.39 is 0 Å². The van der Waals surface area contributed by atoms with E-state index in [0.717, 1.165) is 22.8 Å². The SMILES string of the molecule is CC.CCC(=O)CC(=O)NN(C)C(=S)C1CCCCCC1.CN(C)C(=S)C1CCCCC1. The fourth-order valence-electron chi connectivity index (χ4n) is 4.10. The van der Waals surface area contributed by atoms with Gasteiger partial charge >= 0.3 is 0 Å². The van der Waals surface area contributed by atoms with E-state index in [1.807, 2.05) is 13.8 Å². The third-order valence-corrected chi connectivity index (χ3v) is 7.28. The van der Waals surface area contributed by atoms with Gasteiger partial charge in [-0.3, -0.25) is 20.0 Å². The number of thiocarbonyl (C=S) groups is 2. The van der Waals surface area contributed by atoms with Gasteiger partial charge in [0, 0.05) is 39.4 Å². The molecule has 0 aromatic carbocycles. The Kier molecular flexibility index (Phi) is 17.7. The minimum atomic E-state index is -0.273. The van der Waals surface area contributed by atoms with Crippen LogP contribution in [0.2, 0.25) is 0 Å². The number of nitrogens with one attached hydrogen (secondary N) is 1. The molecular weight excluding hydrogens is 438 g/mol. The number of carbonyl (C=O) groups is 2. The summed E-state index contributed by atoms with van der Waals surface area (Å²) < 4.78 is 0. The molecule has 0 spiro atoms. The smallest absolute Gasteiger partial charge is 0.245 e. The summed E-state index contributed by atoms with van der Waals surface area (Å²) in [5, 5.41) is 1.62. The van der Waals surface area contributed by atoms with E-state index >= 15 is 0 Å². The van der Waals surface area contributed by atoms with Gasteiger partial charge in [0.1, 0.15) is 5.78 Å². The first-order valence-corrected chi connectivity index (χ1v) is 13.4. The molecule has 7 heteroatoms. The number of hydrogen-bond acceptors (Lipinski definition) is 4. The van der Waals surface area contributed by atoms with E-state index in [0.29, 0.717) is 18.3 Å². The second kappa shape index (κ2) is 18.4. The lowest BCUT2D eigenvalue weighted by Crippen LogP contribution is -2.45. The van der Waals surface area contributed by atoms with Gasteiger partial charge in [-0.2, -0.15) is 0 Å². The van der Waals surface area contributed by atoms with Crippen LogP contribution in [-0.2, 0) is 9.59 Å². The summed E-state index contributed by atoms with van der Waals surface area (Å²) in [6, 6.07) is 0. The van der Waals surface area contributed by atoms with E-state index in [1.165, 1.54) is 57.8 Å². The average molecular weight is 486 g/mol. The Labute approximate surface area is 208 Å². The van der Waals surface area contributed by atoms with E-state index in [2.05, 4.69) is 24.4 Å². The van der Waals surface area contributed by atoms with Crippen molar-refractivity contribution >= 4 is 46.1 Å². The summed E-state index contributed by atoms with van der Waals surface area (Å²) in [5.74, 6) is 0.759. The van der Waals surface area contributed by atoms with Crippen molar-refractivity contribution in [2.75, 3.05) is 21.1 Å². The monoisotopic (exact) mass is 485 g/mol. The standard InChI is InChI=1S/C14H24N2O2S.C9H17NS.C2H6/c1-3-12(17)10-13(18)15-16(2)14(19)11-8-6-4-5-7-9-11;1-10(2)9(11)8-6-4-3-5-7-8;1-2/h11H,3-10H2,1-2H3,(H,15,18);8H,3-7H2,1-2H3;1-2H3. The van der Waals surface area contributed by atoms with Crippen molar-refractivity contribution in [1.82, 2.24) is 15.3 Å². The molecule has 2 rings (SSSR count). The van der Waals surface area contributed by atoms with Crippen LogP contribution in [0.15, 0.2) is 0 Å². The topological polar surface area (TPSA) is 52.7 Å². The maximum Gasteiger partial charge on any atom is 0.245 e. The molecule has 186 valence electrons. The van der Waals surface area contributed by atoms with Crippen LogP contribution in [0, 0.1) is 11.8 Å². The number of amides is 1. The highest BCUT2D eigenvalue weighted by Crippen LogP contribution is 2.26. The number of rotatable bonds is 5. The van der Waals surface area contributed by atoms with E-state index in [1.54, 1.807) is 19.0 Å². The zero-order valence-electron chi connectivity index (χ0n) is 21.4. The highest BCUT2D eigenvalue weighted by Gasteiger charge is 2.21. The Morgan fingerprint density at radius 3 is 1.59 bits per heavy atom. The van der Waals surface area contributed by atoms with Crippen LogP contribution in [0.5, 0.6) is 0 Å². The zero-order valence-corrected chi connectivity index (χ0v) is 23.0. The molecule has 2 aliphatic carbocycles. The van der Waals surface area contributed by atoms with Crippen molar-refractivity contribution in [3.63, 3.8) is 0 Å². The fraction of sp³-hybridized carbons (Fsp3) is 0.840. The third kappa shape index (κ3) is 12.8. The zero-order chi connectivity index (χ0) is 24.5. The van der Waals surface area contributed by atoms with Gasteiger partial charge in [-0.15, -0.1) is 0 Å². The largest absolute Gasteiger partial charge is 0.372 e. The summed E-state index contributed by atoms with van der Waals surface area (Å²) in [4.78, 5) is 26.9. The average Bonchev–Trinajstić information content (AvgIpc) is 3.09. The molecule has 0 atom stereocenters. The summed E-state index contributed by atoms with van der Waals surface area (Å²) in [6.45, 7) is 5.76. The minimum Gasteiger partial charge on any atom is -0.372 e. The molecule has 2 aliphatic rings. The van der Waals surface area contributed by atoms with Crippen molar-refractivity contribution < 1.29 is 9.59 Å². The third-order valence-electron chi connectivity index (χ3n) is 5.97. The molecule has 2 saturated carbocycles. The van der Waals surface area contributed by atoms with Gasteiger partial charge in [-0.1, -0.05) is 90.2 Å². The van der Waals surface area contributed by atoms with Crippen LogP contribution >= 0.6 is 24.4 Å². The summed E-state index contributed by atoms with van der Waals surface area (Å²) in [5.41, 5.74) is 2.69. The van der Waals surface area contributed by atoms with Crippen LogP contribution < -0.4 is 5.43 Å². The number of ketones is 1. The van der Waals surface area contributed by atoms with Crippen molar-refractivity contribution in [2.24, 2.45) is 11.8 Å². The second-order valence-electron chi connectivity index (χ2n) is 8.76. The fourth-order valence-corrected chi connectivity index (χ4v) is 4.62. The second-order valence-corrected chi connectivity index (χ2v) is 9.59. The first-order valence-electron chi connectivity index (χ1n) is 12.6. The number of Topliss-reactive ketones (excluding diaryl/α,β-unsaturated/α-hetero) is 1.